The Balaban J connectivity index is 1.44. The van der Waals surface area contributed by atoms with Crippen LogP contribution in [0.2, 0.25) is 0 Å². The van der Waals surface area contributed by atoms with Crippen LogP contribution in [0.5, 0.6) is 0 Å². The smallest absolute Gasteiger partial charge is 0.0809 e. The molecule has 1 aromatic heterocycles. The van der Waals surface area contributed by atoms with E-state index in [9.17, 15) is 0 Å². The van der Waals surface area contributed by atoms with Crippen LogP contribution in [0, 0.1) is 0 Å². The molecule has 0 radical (unpaired) electrons. The van der Waals surface area contributed by atoms with E-state index in [1.807, 2.05) is 12.4 Å². The Bertz CT molecular complexity index is 373. The average Bonchev–Trinajstić information content (AvgIpc) is 3.08. The number of nitrogens with one attached hydrogen (secondary N) is 1. The zero-order chi connectivity index (χ0) is 13.3. The molecule has 0 spiro atoms. The Morgan fingerprint density at radius 3 is 3.32 bits per heavy atom. The molecule has 19 heavy (non-hydrogen) atoms. The molecule has 1 aliphatic heterocycles. The fourth-order valence-corrected chi connectivity index (χ4v) is 2.09. The third-order valence-corrected chi connectivity index (χ3v) is 3.14. The minimum Gasteiger partial charge on any atom is -0.379 e. The van der Waals surface area contributed by atoms with Crippen LogP contribution in [0.25, 0.3) is 6.20 Å². The van der Waals surface area contributed by atoms with Crippen molar-refractivity contribution in [3.8, 4) is 0 Å². The summed E-state index contributed by atoms with van der Waals surface area (Å²) in [4.78, 5) is 0. The zero-order valence-electron chi connectivity index (χ0n) is 11.4. The van der Waals surface area contributed by atoms with Crippen molar-refractivity contribution >= 4 is 6.20 Å². The van der Waals surface area contributed by atoms with Gasteiger partial charge in [-0.25, -0.2) is 4.68 Å². The molecule has 106 valence electrons. The highest BCUT2D eigenvalue weighted by Crippen LogP contribution is 2.11. The predicted molar refractivity (Wildman–Crippen MR) is 74.7 cm³/mol. The molecular weight excluding hydrogens is 242 g/mol. The molecule has 2 heterocycles. The minimum absolute atomic E-state index is 0.331. The molecule has 1 N–H and O–H groups in total. The predicted octanol–water partition coefficient (Wildman–Crippen LogP) is 1.66. The molecule has 0 aliphatic carbocycles. The number of hydrogen-bond donors (Lipinski definition) is 1. The van der Waals surface area contributed by atoms with Crippen molar-refractivity contribution in [2.75, 3.05) is 26.4 Å². The van der Waals surface area contributed by atoms with E-state index in [1.54, 1.807) is 10.9 Å². The summed E-state index contributed by atoms with van der Waals surface area (Å²) in [7, 11) is 0. The maximum atomic E-state index is 5.60. The molecular formula is C14H23N3O2. The summed E-state index contributed by atoms with van der Waals surface area (Å²) in [5.41, 5.74) is 1.17. The summed E-state index contributed by atoms with van der Waals surface area (Å²) < 4.78 is 12.8. The van der Waals surface area contributed by atoms with E-state index in [4.69, 9.17) is 9.47 Å². The molecule has 5 heteroatoms. The Labute approximate surface area is 114 Å². The zero-order valence-corrected chi connectivity index (χ0v) is 11.4. The minimum atomic E-state index is 0.331. The largest absolute Gasteiger partial charge is 0.379 e. The van der Waals surface area contributed by atoms with Crippen LogP contribution in [0.4, 0.5) is 0 Å². The second-order valence-electron chi connectivity index (χ2n) is 4.75. The molecule has 5 nitrogen and oxygen atoms in total. The van der Waals surface area contributed by atoms with E-state index >= 15 is 0 Å². The van der Waals surface area contributed by atoms with Gasteiger partial charge in [-0.15, -0.1) is 0 Å². The molecule has 1 atom stereocenters. The SMILES string of the molecule is C=Cn1cc(CNCCCOCC2CCCO2)cn1. The maximum Gasteiger partial charge on any atom is 0.0809 e. The van der Waals surface area contributed by atoms with E-state index in [-0.39, 0.29) is 0 Å². The monoisotopic (exact) mass is 265 g/mol. The lowest BCUT2D eigenvalue weighted by Crippen LogP contribution is -2.18. The molecule has 1 saturated heterocycles. The lowest BCUT2D eigenvalue weighted by molar-refractivity contribution is 0.0166. The van der Waals surface area contributed by atoms with Gasteiger partial charge in [0.2, 0.25) is 0 Å². The van der Waals surface area contributed by atoms with Crippen molar-refractivity contribution in [1.82, 2.24) is 15.1 Å². The maximum absolute atomic E-state index is 5.60. The van der Waals surface area contributed by atoms with Gasteiger partial charge in [-0.3, -0.25) is 0 Å². The van der Waals surface area contributed by atoms with Crippen LogP contribution >= 0.6 is 0 Å². The second kappa shape index (κ2) is 8.09. The number of hydrogen-bond acceptors (Lipinski definition) is 4. The average molecular weight is 265 g/mol. The fraction of sp³-hybridized carbons (Fsp3) is 0.643. The lowest BCUT2D eigenvalue weighted by atomic mass is 10.2. The van der Waals surface area contributed by atoms with Crippen LogP contribution in [-0.2, 0) is 16.0 Å². The first-order valence-electron chi connectivity index (χ1n) is 6.94. The molecule has 0 aromatic carbocycles. The highest BCUT2D eigenvalue weighted by molar-refractivity contribution is 5.17. The van der Waals surface area contributed by atoms with Gasteiger partial charge in [-0.1, -0.05) is 6.58 Å². The summed E-state index contributed by atoms with van der Waals surface area (Å²) in [6.45, 7) is 7.87. The molecule has 0 amide bonds. The van der Waals surface area contributed by atoms with Gasteiger partial charge in [0.05, 0.1) is 18.9 Å². The highest BCUT2D eigenvalue weighted by Gasteiger charge is 2.14. The van der Waals surface area contributed by atoms with Gasteiger partial charge in [0.25, 0.3) is 0 Å². The van der Waals surface area contributed by atoms with Crippen LogP contribution in [0.3, 0.4) is 0 Å². The van der Waals surface area contributed by atoms with Gasteiger partial charge in [-0.2, -0.15) is 5.10 Å². The lowest BCUT2D eigenvalue weighted by Gasteiger charge is -2.10. The van der Waals surface area contributed by atoms with Gasteiger partial charge in [0.15, 0.2) is 0 Å². The van der Waals surface area contributed by atoms with Crippen LogP contribution < -0.4 is 5.32 Å². The Hall–Kier alpha value is -1.17. The molecule has 0 bridgehead atoms. The van der Waals surface area contributed by atoms with Crippen LogP contribution in [0.1, 0.15) is 24.8 Å². The van der Waals surface area contributed by atoms with E-state index < -0.39 is 0 Å². The topological polar surface area (TPSA) is 48.3 Å². The Morgan fingerprint density at radius 2 is 2.58 bits per heavy atom. The van der Waals surface area contributed by atoms with E-state index in [0.29, 0.717) is 6.10 Å². The van der Waals surface area contributed by atoms with E-state index in [1.165, 1.54) is 12.0 Å². The first kappa shape index (κ1) is 14.2. The summed E-state index contributed by atoms with van der Waals surface area (Å²) in [6, 6.07) is 0. The first-order valence-corrected chi connectivity index (χ1v) is 6.94. The number of aromatic nitrogens is 2. The van der Waals surface area contributed by atoms with Crippen molar-refractivity contribution in [1.29, 1.82) is 0 Å². The first-order chi connectivity index (χ1) is 9.38. The molecule has 0 saturated carbocycles. The molecule has 2 rings (SSSR count). The summed E-state index contributed by atoms with van der Waals surface area (Å²) in [5, 5.41) is 7.50. The standard InChI is InChI=1S/C14H23N3O2/c1-2-17-11-13(10-16-17)9-15-6-4-7-18-12-14-5-3-8-19-14/h2,10-11,14-15H,1,3-9,12H2. The third-order valence-electron chi connectivity index (χ3n) is 3.14. The highest BCUT2D eigenvalue weighted by atomic mass is 16.5. The van der Waals surface area contributed by atoms with Gasteiger partial charge in [0.1, 0.15) is 0 Å². The fourth-order valence-electron chi connectivity index (χ4n) is 2.09. The normalized spacial score (nSPS) is 18.8. The molecule has 1 aliphatic rings. The van der Waals surface area contributed by atoms with Gasteiger partial charge >= 0.3 is 0 Å². The molecule has 1 aromatic rings. The van der Waals surface area contributed by atoms with Gasteiger partial charge < -0.3 is 14.8 Å². The molecule has 1 unspecified atom stereocenters. The van der Waals surface area contributed by atoms with Crippen molar-refractivity contribution in [3.05, 3.63) is 24.5 Å². The number of nitrogens with zero attached hydrogens (tertiary/aromatic N) is 2. The summed E-state index contributed by atoms with van der Waals surface area (Å²) in [5.74, 6) is 0. The van der Waals surface area contributed by atoms with Crippen LogP contribution in [-0.4, -0.2) is 42.2 Å². The van der Waals surface area contributed by atoms with E-state index in [2.05, 4.69) is 17.0 Å². The van der Waals surface area contributed by atoms with Crippen molar-refractivity contribution in [3.63, 3.8) is 0 Å². The number of ether oxygens (including phenoxy) is 2. The van der Waals surface area contributed by atoms with Gasteiger partial charge in [-0.05, 0) is 25.8 Å². The summed E-state index contributed by atoms with van der Waals surface area (Å²) >= 11 is 0. The van der Waals surface area contributed by atoms with Crippen molar-refractivity contribution < 1.29 is 9.47 Å². The van der Waals surface area contributed by atoms with Gasteiger partial charge in [0, 0.05) is 37.7 Å². The Kier molecular flexibility index (Phi) is 6.07. The number of rotatable bonds is 9. The summed E-state index contributed by atoms with van der Waals surface area (Å²) in [6.07, 6.45) is 9.17. The molecule has 1 fully saturated rings. The van der Waals surface area contributed by atoms with Crippen molar-refractivity contribution in [2.45, 2.75) is 31.9 Å². The van der Waals surface area contributed by atoms with E-state index in [0.717, 1.165) is 45.8 Å². The third kappa shape index (κ3) is 5.14. The second-order valence-corrected chi connectivity index (χ2v) is 4.75. The Morgan fingerprint density at radius 1 is 1.63 bits per heavy atom. The van der Waals surface area contributed by atoms with Crippen LogP contribution in [0.15, 0.2) is 19.0 Å². The quantitative estimate of drug-likeness (QED) is 0.690. The van der Waals surface area contributed by atoms with Crippen molar-refractivity contribution in [2.24, 2.45) is 0 Å².